The van der Waals surface area contributed by atoms with E-state index in [4.69, 9.17) is 28.9 Å². The predicted molar refractivity (Wildman–Crippen MR) is 72.5 cm³/mol. The number of carbonyl (C=O) groups excluding carboxylic acids is 1. The molecule has 0 bridgehead atoms. The number of anilines is 1. The lowest BCUT2D eigenvalue weighted by molar-refractivity contribution is -0.119. The van der Waals surface area contributed by atoms with E-state index < -0.39 is 11.9 Å². The van der Waals surface area contributed by atoms with Gasteiger partial charge < -0.3 is 11.1 Å². The lowest BCUT2D eigenvalue weighted by Crippen LogP contribution is -2.45. The van der Waals surface area contributed by atoms with Crippen molar-refractivity contribution in [3.05, 3.63) is 28.0 Å². The largest absolute Gasteiger partial charge is 0.325 e. The normalized spacial score (nSPS) is 13.3. The number of hydrogen-bond acceptors (Lipinski definition) is 2. The van der Waals surface area contributed by atoms with Gasteiger partial charge in [-0.2, -0.15) is 0 Å². The van der Waals surface area contributed by atoms with Crippen LogP contribution in [0.2, 0.25) is 10.0 Å². The number of hydrogen-bond donors (Lipinski definition) is 2. The van der Waals surface area contributed by atoms with Gasteiger partial charge in [0.1, 0.15) is 0 Å². The minimum Gasteiger partial charge on any atom is -0.325 e. The standard InChI is InChI=1S/C12H15Cl2FN2O/c1-12(2,3)10(16)11(18)17-6-4-7(13)9(15)8(14)5-6/h4-5,10H,16H2,1-3H3,(H,17,18). The number of benzene rings is 1. The minimum absolute atomic E-state index is 0.151. The molecular weight excluding hydrogens is 278 g/mol. The molecule has 100 valence electrons. The fourth-order valence-electron chi connectivity index (χ4n) is 1.24. The third-order valence-corrected chi connectivity index (χ3v) is 3.02. The van der Waals surface area contributed by atoms with E-state index in [1.807, 2.05) is 20.8 Å². The highest BCUT2D eigenvalue weighted by atomic mass is 35.5. The van der Waals surface area contributed by atoms with Gasteiger partial charge in [0.2, 0.25) is 5.91 Å². The molecule has 0 fully saturated rings. The van der Waals surface area contributed by atoms with Crippen molar-refractivity contribution >= 4 is 34.8 Å². The number of nitrogens with two attached hydrogens (primary N) is 1. The Balaban J connectivity index is 2.90. The van der Waals surface area contributed by atoms with Crippen molar-refractivity contribution in [2.45, 2.75) is 26.8 Å². The van der Waals surface area contributed by atoms with Crippen LogP contribution in [0.3, 0.4) is 0 Å². The number of rotatable bonds is 2. The first-order chi connectivity index (χ1) is 8.12. The number of halogens is 3. The van der Waals surface area contributed by atoms with Crippen LogP contribution in [0.25, 0.3) is 0 Å². The summed E-state index contributed by atoms with van der Waals surface area (Å²) in [5.74, 6) is -1.09. The molecule has 0 saturated heterocycles. The fourth-order valence-corrected chi connectivity index (χ4v) is 1.73. The van der Waals surface area contributed by atoms with Crippen LogP contribution in [-0.4, -0.2) is 11.9 Å². The maximum Gasteiger partial charge on any atom is 0.241 e. The molecule has 0 radical (unpaired) electrons. The van der Waals surface area contributed by atoms with E-state index in [0.717, 1.165) is 0 Å². The van der Waals surface area contributed by atoms with Crippen molar-refractivity contribution < 1.29 is 9.18 Å². The van der Waals surface area contributed by atoms with Gasteiger partial charge in [-0.05, 0) is 17.5 Å². The van der Waals surface area contributed by atoms with Crippen LogP contribution >= 0.6 is 23.2 Å². The highest BCUT2D eigenvalue weighted by molar-refractivity contribution is 6.35. The van der Waals surface area contributed by atoms with E-state index in [9.17, 15) is 9.18 Å². The van der Waals surface area contributed by atoms with Gasteiger partial charge in [0.15, 0.2) is 5.82 Å². The molecule has 0 aromatic heterocycles. The molecule has 1 amide bonds. The van der Waals surface area contributed by atoms with Crippen molar-refractivity contribution in [3.63, 3.8) is 0 Å². The van der Waals surface area contributed by atoms with E-state index in [-0.39, 0.29) is 21.4 Å². The lowest BCUT2D eigenvalue weighted by Gasteiger charge is -2.25. The first-order valence-electron chi connectivity index (χ1n) is 5.34. The molecular formula is C12H15Cl2FN2O. The molecule has 0 aliphatic heterocycles. The van der Waals surface area contributed by atoms with Crippen LogP contribution in [0.15, 0.2) is 12.1 Å². The van der Waals surface area contributed by atoms with Crippen molar-refractivity contribution in [3.8, 4) is 0 Å². The highest BCUT2D eigenvalue weighted by Gasteiger charge is 2.27. The summed E-state index contributed by atoms with van der Waals surface area (Å²) in [5, 5.41) is 2.26. The molecule has 1 aromatic carbocycles. The molecule has 6 heteroatoms. The Labute approximate surface area is 115 Å². The SMILES string of the molecule is CC(C)(C)C(N)C(=O)Nc1cc(Cl)c(F)c(Cl)c1. The minimum atomic E-state index is -0.712. The molecule has 0 spiro atoms. The molecule has 1 aromatic rings. The van der Waals surface area contributed by atoms with E-state index in [1.54, 1.807) is 0 Å². The van der Waals surface area contributed by atoms with Gasteiger partial charge in [-0.25, -0.2) is 4.39 Å². The van der Waals surface area contributed by atoms with Gasteiger partial charge in [-0.1, -0.05) is 44.0 Å². The summed E-state index contributed by atoms with van der Waals surface area (Å²) in [6.45, 7) is 5.55. The van der Waals surface area contributed by atoms with Gasteiger partial charge >= 0.3 is 0 Å². The van der Waals surface area contributed by atoms with Gasteiger partial charge in [-0.3, -0.25) is 4.79 Å². The van der Waals surface area contributed by atoms with Crippen LogP contribution in [-0.2, 0) is 4.79 Å². The average Bonchev–Trinajstić information content (AvgIpc) is 2.23. The molecule has 0 saturated carbocycles. The predicted octanol–water partition coefficient (Wildman–Crippen LogP) is 3.44. The monoisotopic (exact) mass is 292 g/mol. The summed E-state index contributed by atoms with van der Waals surface area (Å²) in [6, 6.07) is 1.88. The van der Waals surface area contributed by atoms with Gasteiger partial charge in [-0.15, -0.1) is 0 Å². The molecule has 1 atom stereocenters. The Kier molecular flexibility index (Phi) is 4.59. The Morgan fingerprint density at radius 2 is 1.78 bits per heavy atom. The van der Waals surface area contributed by atoms with Crippen LogP contribution in [0.4, 0.5) is 10.1 Å². The first kappa shape index (κ1) is 15.2. The summed E-state index contributed by atoms with van der Waals surface area (Å²) >= 11 is 11.3. The van der Waals surface area contributed by atoms with Crippen LogP contribution in [0.5, 0.6) is 0 Å². The van der Waals surface area contributed by atoms with E-state index in [1.165, 1.54) is 12.1 Å². The second-order valence-electron chi connectivity index (χ2n) is 5.09. The first-order valence-corrected chi connectivity index (χ1v) is 6.09. The number of nitrogens with one attached hydrogen (secondary N) is 1. The molecule has 3 N–H and O–H groups in total. The smallest absolute Gasteiger partial charge is 0.241 e. The van der Waals surface area contributed by atoms with Gasteiger partial charge in [0, 0.05) is 5.69 Å². The zero-order valence-electron chi connectivity index (χ0n) is 10.4. The van der Waals surface area contributed by atoms with Gasteiger partial charge in [0.05, 0.1) is 16.1 Å². The zero-order valence-corrected chi connectivity index (χ0v) is 11.9. The third kappa shape index (κ3) is 3.57. The summed E-state index contributed by atoms with van der Waals surface area (Å²) < 4.78 is 13.2. The second-order valence-corrected chi connectivity index (χ2v) is 5.90. The summed E-state index contributed by atoms with van der Waals surface area (Å²) in [7, 11) is 0. The molecule has 3 nitrogen and oxygen atoms in total. The Hall–Kier alpha value is -0.840. The summed E-state index contributed by atoms with van der Waals surface area (Å²) in [5.41, 5.74) is 5.73. The maximum atomic E-state index is 13.2. The van der Waals surface area contributed by atoms with Crippen LogP contribution in [0.1, 0.15) is 20.8 Å². The second kappa shape index (κ2) is 5.43. The lowest BCUT2D eigenvalue weighted by atomic mass is 9.87. The Morgan fingerprint density at radius 1 is 1.33 bits per heavy atom. The Morgan fingerprint density at radius 3 is 2.17 bits per heavy atom. The number of amides is 1. The number of carbonyl (C=O) groups is 1. The molecule has 1 rings (SSSR count). The highest BCUT2D eigenvalue weighted by Crippen LogP contribution is 2.28. The van der Waals surface area contributed by atoms with Crippen molar-refractivity contribution in [1.29, 1.82) is 0 Å². The van der Waals surface area contributed by atoms with Crippen molar-refractivity contribution in [1.82, 2.24) is 0 Å². The third-order valence-electron chi connectivity index (χ3n) is 2.47. The summed E-state index contributed by atoms with van der Waals surface area (Å²) in [4.78, 5) is 11.9. The molecule has 0 heterocycles. The molecule has 0 aliphatic carbocycles. The summed E-state index contributed by atoms with van der Waals surface area (Å²) in [6.07, 6.45) is 0. The Bertz CT molecular complexity index is 449. The van der Waals surface area contributed by atoms with Crippen LogP contribution in [0, 0.1) is 11.2 Å². The molecule has 0 aliphatic rings. The quantitative estimate of drug-likeness (QED) is 0.821. The van der Waals surface area contributed by atoms with E-state index in [2.05, 4.69) is 5.32 Å². The van der Waals surface area contributed by atoms with E-state index in [0.29, 0.717) is 5.69 Å². The van der Waals surface area contributed by atoms with Crippen molar-refractivity contribution in [2.24, 2.45) is 11.1 Å². The zero-order chi connectivity index (χ0) is 14.1. The van der Waals surface area contributed by atoms with Crippen molar-refractivity contribution in [2.75, 3.05) is 5.32 Å². The van der Waals surface area contributed by atoms with E-state index >= 15 is 0 Å². The topological polar surface area (TPSA) is 55.1 Å². The average molecular weight is 293 g/mol. The molecule has 1 unspecified atom stereocenters. The van der Waals surface area contributed by atoms with Crippen LogP contribution < -0.4 is 11.1 Å². The maximum absolute atomic E-state index is 13.2. The van der Waals surface area contributed by atoms with Gasteiger partial charge in [0.25, 0.3) is 0 Å². The fraction of sp³-hybridized carbons (Fsp3) is 0.417. The molecule has 18 heavy (non-hydrogen) atoms.